The summed E-state index contributed by atoms with van der Waals surface area (Å²) >= 11 is 5.80. The van der Waals surface area contributed by atoms with Gasteiger partial charge in [-0.1, -0.05) is 18.2 Å². The number of nitrogens with one attached hydrogen (secondary N) is 1. The lowest BCUT2D eigenvalue weighted by atomic mass is 10.0. The highest BCUT2D eigenvalue weighted by atomic mass is 32.1. The molecule has 0 aliphatic carbocycles. The van der Waals surface area contributed by atoms with E-state index in [9.17, 15) is 4.79 Å². The van der Waals surface area contributed by atoms with Gasteiger partial charge in [0, 0.05) is 37.2 Å². The minimum absolute atomic E-state index is 0.201. The van der Waals surface area contributed by atoms with E-state index in [0.717, 1.165) is 28.4 Å². The highest BCUT2D eigenvalue weighted by Gasteiger charge is 2.42. The van der Waals surface area contributed by atoms with Gasteiger partial charge in [0.1, 0.15) is 17.6 Å². The topological polar surface area (TPSA) is 70.8 Å². The molecule has 182 valence electrons. The van der Waals surface area contributed by atoms with Gasteiger partial charge in [-0.2, -0.15) is 0 Å². The third-order valence-electron chi connectivity index (χ3n) is 6.25. The van der Waals surface area contributed by atoms with Crippen LogP contribution in [-0.2, 0) is 4.74 Å². The number of ether oxygens (including phenoxy) is 1. The SMILES string of the molecule is COC(=O)c1ccc(-c2ccc([C@H]3[C@@H](c4ccccn4)NC(=S)N3c3ccc(N(C)C)cc3)o2)cc1. The lowest BCUT2D eigenvalue weighted by Gasteiger charge is -2.26. The summed E-state index contributed by atoms with van der Waals surface area (Å²) in [5.74, 6) is 1.07. The molecule has 7 nitrogen and oxygen atoms in total. The monoisotopic (exact) mass is 498 g/mol. The summed E-state index contributed by atoms with van der Waals surface area (Å²) in [5, 5.41) is 4.06. The first-order valence-corrected chi connectivity index (χ1v) is 11.9. The van der Waals surface area contributed by atoms with Gasteiger partial charge >= 0.3 is 5.97 Å². The number of nitrogens with zero attached hydrogens (tertiary/aromatic N) is 3. The van der Waals surface area contributed by atoms with Crippen molar-refractivity contribution in [2.24, 2.45) is 0 Å². The van der Waals surface area contributed by atoms with Crippen LogP contribution in [0.15, 0.2) is 89.5 Å². The molecular weight excluding hydrogens is 472 g/mol. The van der Waals surface area contributed by atoms with Crippen molar-refractivity contribution in [3.05, 3.63) is 102 Å². The standard InChI is InChI=1S/C28H26N4O3S/c1-31(2)20-11-13-21(14-12-20)32-26(25(30-28(32)36)22-6-4-5-17-29-22)24-16-15-23(35-24)18-7-9-19(10-8-18)27(33)34-3/h4-17,25-26H,1-3H3,(H,30,36)/t25-,26+/m1/s1. The molecule has 4 aromatic rings. The molecule has 1 aliphatic rings. The fraction of sp³-hybridized carbons (Fsp3) is 0.179. The number of methoxy groups -OCH3 is 1. The Labute approximate surface area is 215 Å². The maximum absolute atomic E-state index is 11.8. The summed E-state index contributed by atoms with van der Waals surface area (Å²) < 4.78 is 11.2. The molecule has 0 radical (unpaired) electrons. The van der Waals surface area contributed by atoms with Gasteiger partial charge in [0.25, 0.3) is 0 Å². The van der Waals surface area contributed by atoms with Crippen LogP contribution < -0.4 is 15.1 Å². The minimum Gasteiger partial charge on any atom is -0.465 e. The molecule has 0 spiro atoms. The maximum Gasteiger partial charge on any atom is 0.337 e. The fourth-order valence-electron chi connectivity index (χ4n) is 4.39. The number of thiocarbonyl (C=S) groups is 1. The van der Waals surface area contributed by atoms with Crippen LogP contribution in [0.25, 0.3) is 11.3 Å². The second kappa shape index (κ2) is 9.83. The van der Waals surface area contributed by atoms with Crippen LogP contribution >= 0.6 is 12.2 Å². The average Bonchev–Trinajstić information content (AvgIpc) is 3.53. The number of rotatable bonds is 6. The molecule has 1 aliphatic heterocycles. The lowest BCUT2D eigenvalue weighted by molar-refractivity contribution is 0.0600. The quantitative estimate of drug-likeness (QED) is 0.281. The molecule has 0 unspecified atom stereocenters. The van der Waals surface area contributed by atoms with Gasteiger partial charge in [0.15, 0.2) is 5.11 Å². The number of aromatic nitrogens is 1. The molecule has 0 amide bonds. The van der Waals surface area contributed by atoms with E-state index in [2.05, 4.69) is 44.4 Å². The zero-order valence-corrected chi connectivity index (χ0v) is 21.0. The van der Waals surface area contributed by atoms with Crippen molar-refractivity contribution in [3.8, 4) is 11.3 Å². The van der Waals surface area contributed by atoms with Crippen molar-refractivity contribution in [1.82, 2.24) is 10.3 Å². The van der Waals surface area contributed by atoms with Crippen LogP contribution in [-0.4, -0.2) is 37.3 Å². The normalized spacial score (nSPS) is 17.1. The number of carbonyl (C=O) groups is 1. The van der Waals surface area contributed by atoms with Crippen LogP contribution in [0.5, 0.6) is 0 Å². The van der Waals surface area contributed by atoms with Gasteiger partial charge in [-0.15, -0.1) is 0 Å². The number of furan rings is 1. The Hall–Kier alpha value is -4.17. The molecule has 0 saturated carbocycles. The molecule has 2 aromatic carbocycles. The van der Waals surface area contributed by atoms with Crippen LogP contribution in [0.2, 0.25) is 0 Å². The summed E-state index contributed by atoms with van der Waals surface area (Å²) in [4.78, 5) is 20.5. The van der Waals surface area contributed by atoms with Gasteiger partial charge in [-0.05, 0) is 72.9 Å². The summed E-state index contributed by atoms with van der Waals surface area (Å²) in [7, 11) is 5.39. The van der Waals surface area contributed by atoms with Gasteiger partial charge in [0.2, 0.25) is 0 Å². The van der Waals surface area contributed by atoms with E-state index < -0.39 is 0 Å². The summed E-state index contributed by atoms with van der Waals surface area (Å²) in [5.41, 5.74) is 4.28. The predicted molar refractivity (Wildman–Crippen MR) is 144 cm³/mol. The van der Waals surface area contributed by atoms with Gasteiger partial charge in [-0.25, -0.2) is 4.79 Å². The zero-order valence-electron chi connectivity index (χ0n) is 20.2. The summed E-state index contributed by atoms with van der Waals surface area (Å²) in [6.07, 6.45) is 1.78. The van der Waals surface area contributed by atoms with E-state index >= 15 is 0 Å². The third-order valence-corrected chi connectivity index (χ3v) is 6.57. The van der Waals surface area contributed by atoms with E-state index in [1.54, 1.807) is 18.3 Å². The number of benzene rings is 2. The van der Waals surface area contributed by atoms with Crippen LogP contribution in [0.3, 0.4) is 0 Å². The molecule has 1 fully saturated rings. The third kappa shape index (κ3) is 4.43. The van der Waals surface area contributed by atoms with E-state index in [1.807, 2.05) is 56.6 Å². The molecule has 2 aromatic heterocycles. The molecular formula is C28H26N4O3S. The van der Waals surface area contributed by atoms with Crippen molar-refractivity contribution >= 4 is 34.7 Å². The van der Waals surface area contributed by atoms with Crippen molar-refractivity contribution < 1.29 is 13.9 Å². The van der Waals surface area contributed by atoms with Crippen molar-refractivity contribution in [1.29, 1.82) is 0 Å². The number of carbonyl (C=O) groups excluding carboxylic acids is 1. The summed E-state index contributed by atoms with van der Waals surface area (Å²) in [6.45, 7) is 0. The van der Waals surface area contributed by atoms with Crippen molar-refractivity contribution in [2.75, 3.05) is 31.0 Å². The molecule has 2 atom stereocenters. The Kier molecular flexibility index (Phi) is 6.43. The number of pyridine rings is 1. The highest BCUT2D eigenvalue weighted by molar-refractivity contribution is 7.80. The van der Waals surface area contributed by atoms with E-state index in [0.29, 0.717) is 16.4 Å². The predicted octanol–water partition coefficient (Wildman–Crippen LogP) is 5.37. The second-order valence-electron chi connectivity index (χ2n) is 8.68. The van der Waals surface area contributed by atoms with Crippen molar-refractivity contribution in [3.63, 3.8) is 0 Å². The Morgan fingerprint density at radius 1 is 1.03 bits per heavy atom. The minimum atomic E-state index is -0.374. The first kappa shape index (κ1) is 23.6. The largest absolute Gasteiger partial charge is 0.465 e. The molecule has 5 rings (SSSR count). The number of hydrogen-bond donors (Lipinski definition) is 1. The van der Waals surface area contributed by atoms with E-state index in [4.69, 9.17) is 21.4 Å². The Morgan fingerprint density at radius 2 is 1.78 bits per heavy atom. The Balaban J connectivity index is 1.53. The molecule has 3 heterocycles. The average molecular weight is 499 g/mol. The zero-order chi connectivity index (χ0) is 25.2. The number of esters is 1. The Morgan fingerprint density at radius 3 is 2.42 bits per heavy atom. The van der Waals surface area contributed by atoms with Gasteiger partial charge in [0.05, 0.1) is 24.4 Å². The van der Waals surface area contributed by atoms with E-state index in [1.165, 1.54) is 7.11 Å². The van der Waals surface area contributed by atoms with Gasteiger partial charge < -0.3 is 24.3 Å². The molecule has 1 saturated heterocycles. The fourth-order valence-corrected chi connectivity index (χ4v) is 4.73. The maximum atomic E-state index is 11.8. The van der Waals surface area contributed by atoms with Crippen LogP contribution in [0.4, 0.5) is 11.4 Å². The molecule has 8 heteroatoms. The number of anilines is 2. The van der Waals surface area contributed by atoms with E-state index in [-0.39, 0.29) is 18.1 Å². The molecule has 0 bridgehead atoms. The number of hydrogen-bond acceptors (Lipinski definition) is 6. The molecule has 36 heavy (non-hydrogen) atoms. The first-order valence-electron chi connectivity index (χ1n) is 11.5. The highest BCUT2D eigenvalue weighted by Crippen LogP contribution is 2.43. The van der Waals surface area contributed by atoms with Crippen molar-refractivity contribution in [2.45, 2.75) is 12.1 Å². The van der Waals surface area contributed by atoms with Gasteiger partial charge in [-0.3, -0.25) is 4.98 Å². The Bertz CT molecular complexity index is 1370. The second-order valence-corrected chi connectivity index (χ2v) is 9.07. The van der Waals surface area contributed by atoms with Crippen LogP contribution in [0, 0.1) is 0 Å². The van der Waals surface area contributed by atoms with Crippen LogP contribution in [0.1, 0.15) is 33.9 Å². The molecule has 1 N–H and O–H groups in total. The first-order chi connectivity index (χ1) is 17.5. The smallest absolute Gasteiger partial charge is 0.337 e. The summed E-state index contributed by atoms with van der Waals surface area (Å²) in [6, 6.07) is 24.7. The lowest BCUT2D eigenvalue weighted by Crippen LogP contribution is -2.29.